The maximum Gasteiger partial charge on any atom is 0.314 e. The van der Waals surface area contributed by atoms with Gasteiger partial charge in [0.25, 0.3) is 0 Å². The first-order valence-corrected chi connectivity index (χ1v) is 10.9. The summed E-state index contributed by atoms with van der Waals surface area (Å²) < 4.78 is 0. The number of nitrogens with zero attached hydrogens (tertiary/aromatic N) is 2. The molecule has 2 unspecified atom stereocenters. The number of hydrogen-bond acceptors (Lipinski definition) is 5. The molecule has 1 fully saturated rings. The molecule has 26 heavy (non-hydrogen) atoms. The summed E-state index contributed by atoms with van der Waals surface area (Å²) in [5.74, 6) is 0. The summed E-state index contributed by atoms with van der Waals surface area (Å²) >= 11 is 3.50. The molecule has 3 rings (SSSR count). The third-order valence-corrected chi connectivity index (χ3v) is 6.81. The molecule has 2 N–H and O–H groups in total. The van der Waals surface area contributed by atoms with Gasteiger partial charge in [0.15, 0.2) is 0 Å². The molecule has 2 atom stereocenters. The Labute approximate surface area is 164 Å². The van der Waals surface area contributed by atoms with Crippen LogP contribution in [0.1, 0.15) is 34.7 Å². The number of likely N-dealkylation sites (N-methyl/N-ethyl adjacent to an activating group) is 1. The number of amides is 2. The number of carbonyl (C=O) groups is 1. The number of likely N-dealkylation sites (tertiary alicyclic amines) is 1. The van der Waals surface area contributed by atoms with Crippen molar-refractivity contribution in [3.8, 4) is 0 Å². The number of urea groups is 1. The van der Waals surface area contributed by atoms with Crippen LogP contribution in [-0.4, -0.2) is 56.1 Å². The summed E-state index contributed by atoms with van der Waals surface area (Å²) in [6.07, 6.45) is 2.50. The summed E-state index contributed by atoms with van der Waals surface area (Å²) in [7, 11) is 4.09. The normalized spacial score (nSPS) is 17.3. The van der Waals surface area contributed by atoms with Crippen LogP contribution in [0.5, 0.6) is 0 Å². The minimum atomic E-state index is -0.0887. The second kappa shape index (κ2) is 9.50. The topological polar surface area (TPSA) is 47.6 Å². The smallest absolute Gasteiger partial charge is 0.314 e. The van der Waals surface area contributed by atoms with Gasteiger partial charge in [-0.15, -0.1) is 22.7 Å². The van der Waals surface area contributed by atoms with Gasteiger partial charge in [-0.1, -0.05) is 12.1 Å². The largest absolute Gasteiger partial charge is 0.336 e. The highest BCUT2D eigenvalue weighted by Gasteiger charge is 2.25. The lowest BCUT2D eigenvalue weighted by atomic mass is 10.2. The van der Waals surface area contributed by atoms with E-state index < -0.39 is 0 Å². The Balaban J connectivity index is 1.52. The highest BCUT2D eigenvalue weighted by atomic mass is 32.1. The molecule has 5 nitrogen and oxygen atoms in total. The van der Waals surface area contributed by atoms with Crippen LogP contribution in [0, 0.1) is 0 Å². The van der Waals surface area contributed by atoms with Crippen molar-refractivity contribution in [1.29, 1.82) is 0 Å². The Hall–Kier alpha value is -1.41. The van der Waals surface area contributed by atoms with Crippen molar-refractivity contribution in [1.82, 2.24) is 20.4 Å². The monoisotopic (exact) mass is 392 g/mol. The minimum absolute atomic E-state index is 0.0887. The summed E-state index contributed by atoms with van der Waals surface area (Å²) in [6, 6.07) is 8.83. The molecule has 1 aliphatic rings. The summed E-state index contributed by atoms with van der Waals surface area (Å²) in [6.45, 7) is 3.49. The van der Waals surface area contributed by atoms with E-state index in [1.54, 1.807) is 22.7 Å². The first kappa shape index (κ1) is 19.4. The van der Waals surface area contributed by atoms with E-state index in [1.807, 2.05) is 14.1 Å². The van der Waals surface area contributed by atoms with Gasteiger partial charge in [-0.3, -0.25) is 4.90 Å². The lowest BCUT2D eigenvalue weighted by molar-refractivity contribution is 0.218. The Kier molecular flexibility index (Phi) is 7.07. The van der Waals surface area contributed by atoms with E-state index in [0.717, 1.165) is 13.1 Å². The number of thiophene rings is 2. The molecule has 7 heteroatoms. The lowest BCUT2D eigenvalue weighted by Crippen LogP contribution is -2.43. The van der Waals surface area contributed by atoms with Gasteiger partial charge in [0.05, 0.1) is 12.1 Å². The molecule has 1 aliphatic heterocycles. The second-order valence-electron chi connectivity index (χ2n) is 6.86. The maximum atomic E-state index is 12.4. The van der Waals surface area contributed by atoms with E-state index in [2.05, 4.69) is 55.5 Å². The van der Waals surface area contributed by atoms with Gasteiger partial charge in [-0.25, -0.2) is 4.79 Å². The predicted molar refractivity (Wildman–Crippen MR) is 110 cm³/mol. The quantitative estimate of drug-likeness (QED) is 0.722. The van der Waals surface area contributed by atoms with Crippen LogP contribution in [0.4, 0.5) is 4.79 Å². The highest BCUT2D eigenvalue weighted by Crippen LogP contribution is 2.28. The van der Waals surface area contributed by atoms with Crippen molar-refractivity contribution in [2.45, 2.75) is 24.9 Å². The van der Waals surface area contributed by atoms with E-state index in [0.29, 0.717) is 13.1 Å². The zero-order chi connectivity index (χ0) is 18.4. The molecule has 0 radical (unpaired) electrons. The molecule has 2 amide bonds. The van der Waals surface area contributed by atoms with E-state index in [4.69, 9.17) is 0 Å². The highest BCUT2D eigenvalue weighted by molar-refractivity contribution is 7.10. The first-order valence-electron chi connectivity index (χ1n) is 9.14. The molecule has 0 aromatic carbocycles. The average Bonchev–Trinajstić information content (AvgIpc) is 3.38. The van der Waals surface area contributed by atoms with Crippen molar-refractivity contribution in [2.75, 3.05) is 40.3 Å². The van der Waals surface area contributed by atoms with Gasteiger partial charge in [0, 0.05) is 22.8 Å². The first-order chi connectivity index (χ1) is 12.6. The van der Waals surface area contributed by atoms with Crippen LogP contribution in [0.2, 0.25) is 0 Å². The Morgan fingerprint density at radius 2 is 1.69 bits per heavy atom. The Morgan fingerprint density at radius 3 is 2.27 bits per heavy atom. The van der Waals surface area contributed by atoms with E-state index in [-0.39, 0.29) is 18.1 Å². The minimum Gasteiger partial charge on any atom is -0.336 e. The van der Waals surface area contributed by atoms with Crippen LogP contribution in [-0.2, 0) is 0 Å². The lowest BCUT2D eigenvalue weighted by Gasteiger charge is -2.27. The van der Waals surface area contributed by atoms with Crippen LogP contribution >= 0.6 is 22.7 Å². The van der Waals surface area contributed by atoms with Gasteiger partial charge < -0.3 is 15.5 Å². The van der Waals surface area contributed by atoms with Crippen LogP contribution in [0.25, 0.3) is 0 Å². The zero-order valence-corrected chi connectivity index (χ0v) is 17.1. The predicted octanol–water partition coefficient (Wildman–Crippen LogP) is 3.55. The second-order valence-corrected chi connectivity index (χ2v) is 8.82. The van der Waals surface area contributed by atoms with Gasteiger partial charge >= 0.3 is 6.03 Å². The van der Waals surface area contributed by atoms with Crippen molar-refractivity contribution in [3.05, 3.63) is 44.8 Å². The molecule has 2 aromatic heterocycles. The van der Waals surface area contributed by atoms with Crippen LogP contribution < -0.4 is 10.6 Å². The molecule has 0 bridgehead atoms. The summed E-state index contributed by atoms with van der Waals surface area (Å²) in [4.78, 5) is 19.6. The molecule has 3 heterocycles. The van der Waals surface area contributed by atoms with Crippen molar-refractivity contribution < 1.29 is 4.79 Å². The fourth-order valence-corrected chi connectivity index (χ4v) is 5.19. The Bertz CT molecular complexity index is 651. The molecule has 2 aromatic rings. The van der Waals surface area contributed by atoms with Crippen molar-refractivity contribution in [3.63, 3.8) is 0 Å². The van der Waals surface area contributed by atoms with Gasteiger partial charge in [0.2, 0.25) is 0 Å². The SMILES string of the molecule is CN(C)C(CNC(=O)NCC(c1cccs1)N1CCCC1)c1cccs1. The van der Waals surface area contributed by atoms with E-state index in [1.165, 1.54) is 22.6 Å². The third-order valence-electron chi connectivity index (χ3n) is 4.86. The molecular formula is C19H28N4OS2. The number of carbonyl (C=O) groups excluding carboxylic acids is 1. The Morgan fingerprint density at radius 1 is 1.08 bits per heavy atom. The van der Waals surface area contributed by atoms with Gasteiger partial charge in [-0.05, 0) is 62.9 Å². The molecular weight excluding hydrogens is 364 g/mol. The number of hydrogen-bond donors (Lipinski definition) is 2. The van der Waals surface area contributed by atoms with E-state index in [9.17, 15) is 4.79 Å². The van der Waals surface area contributed by atoms with Crippen LogP contribution in [0.3, 0.4) is 0 Å². The number of rotatable bonds is 8. The van der Waals surface area contributed by atoms with Crippen molar-refractivity contribution >= 4 is 28.7 Å². The standard InChI is InChI=1S/C19H28N4OS2/c1-22(2)15(17-7-5-11-25-17)13-20-19(24)21-14-16(18-8-6-12-26-18)23-9-3-4-10-23/h5-8,11-12,15-16H,3-4,9-10,13-14H2,1-2H3,(H2,20,21,24). The molecule has 0 spiro atoms. The zero-order valence-electron chi connectivity index (χ0n) is 15.5. The fourth-order valence-electron chi connectivity index (χ4n) is 3.40. The van der Waals surface area contributed by atoms with Crippen molar-refractivity contribution in [2.24, 2.45) is 0 Å². The van der Waals surface area contributed by atoms with E-state index >= 15 is 0 Å². The maximum absolute atomic E-state index is 12.4. The van der Waals surface area contributed by atoms with Gasteiger partial charge in [0.1, 0.15) is 0 Å². The average molecular weight is 393 g/mol. The molecule has 142 valence electrons. The fraction of sp³-hybridized carbons (Fsp3) is 0.526. The third kappa shape index (κ3) is 5.07. The number of nitrogens with one attached hydrogen (secondary N) is 2. The van der Waals surface area contributed by atoms with Gasteiger partial charge in [-0.2, -0.15) is 0 Å². The molecule has 0 aliphatic carbocycles. The van der Waals surface area contributed by atoms with Crippen LogP contribution in [0.15, 0.2) is 35.0 Å². The molecule has 0 saturated carbocycles. The summed E-state index contributed by atoms with van der Waals surface area (Å²) in [5.41, 5.74) is 0. The molecule has 1 saturated heterocycles. The summed E-state index contributed by atoms with van der Waals surface area (Å²) in [5, 5.41) is 10.3.